The third-order valence-electron chi connectivity index (χ3n) is 4.54. The van der Waals surface area contributed by atoms with Crippen molar-refractivity contribution < 1.29 is 13.2 Å². The van der Waals surface area contributed by atoms with Gasteiger partial charge in [0.1, 0.15) is 0 Å². The van der Waals surface area contributed by atoms with Crippen molar-refractivity contribution in [2.45, 2.75) is 77.6 Å². The average Bonchev–Trinajstić information content (AvgIpc) is 2.78. The van der Waals surface area contributed by atoms with Crippen LogP contribution in [-0.2, 0) is 14.8 Å². The molecule has 1 atom stereocenters. The van der Waals surface area contributed by atoms with E-state index in [-0.39, 0.29) is 17.6 Å². The Bertz CT molecular complexity index is 437. The van der Waals surface area contributed by atoms with Gasteiger partial charge in [0, 0.05) is 25.4 Å². The minimum Gasteiger partial charge on any atom is -0.342 e. The second kappa shape index (κ2) is 11.0. The zero-order valence-electron chi connectivity index (χ0n) is 14.6. The molecule has 1 heterocycles. The normalized spacial score (nSPS) is 18.8. The second-order valence-electron chi connectivity index (χ2n) is 6.92. The number of hydrogen-bond donors (Lipinski definition) is 1. The maximum Gasteiger partial charge on any atom is 0.222 e. The fourth-order valence-electron chi connectivity index (χ4n) is 3.30. The molecule has 1 amide bonds. The van der Waals surface area contributed by atoms with Gasteiger partial charge >= 0.3 is 0 Å². The highest BCUT2D eigenvalue weighted by atomic mass is 32.2. The van der Waals surface area contributed by atoms with Gasteiger partial charge in [-0.05, 0) is 6.42 Å². The molecule has 1 saturated heterocycles. The number of likely N-dealkylation sites (tertiary alicyclic amines) is 1. The van der Waals surface area contributed by atoms with Gasteiger partial charge in [-0.25, -0.2) is 13.6 Å². The van der Waals surface area contributed by atoms with Gasteiger partial charge in [0.25, 0.3) is 0 Å². The summed E-state index contributed by atoms with van der Waals surface area (Å²) in [6, 6.07) is 0. The zero-order valence-corrected chi connectivity index (χ0v) is 15.5. The molecule has 0 bridgehead atoms. The Morgan fingerprint density at radius 2 is 1.52 bits per heavy atom. The summed E-state index contributed by atoms with van der Waals surface area (Å²) in [5, 5.41) is 5.05. The van der Waals surface area contributed by atoms with Crippen LogP contribution in [0.5, 0.6) is 0 Å². The lowest BCUT2D eigenvalue weighted by Gasteiger charge is -2.16. The van der Waals surface area contributed by atoms with Crippen LogP contribution in [0, 0.1) is 5.92 Å². The third kappa shape index (κ3) is 9.97. The number of sulfonamides is 1. The zero-order chi connectivity index (χ0) is 17.1. The van der Waals surface area contributed by atoms with E-state index in [1.807, 2.05) is 0 Å². The molecule has 0 aromatic carbocycles. The maximum absolute atomic E-state index is 11.9. The van der Waals surface area contributed by atoms with Crippen molar-refractivity contribution in [2.75, 3.05) is 18.8 Å². The van der Waals surface area contributed by atoms with Gasteiger partial charge < -0.3 is 4.90 Å². The Hall–Kier alpha value is -0.620. The highest BCUT2D eigenvalue weighted by Gasteiger charge is 2.31. The first-order valence-electron chi connectivity index (χ1n) is 9.20. The standard InChI is InChI=1S/C17H34N2O3S/c1-2-3-4-5-6-7-8-9-10-11-12-19-14-16(13-17(19)20)15-23(18,21)22/h16H,2-15H2,1H3,(H2,18,21,22). The highest BCUT2D eigenvalue weighted by molar-refractivity contribution is 7.89. The van der Waals surface area contributed by atoms with Crippen LogP contribution in [0.15, 0.2) is 0 Å². The summed E-state index contributed by atoms with van der Waals surface area (Å²) in [5.74, 6) is -0.122. The Balaban J connectivity index is 2.00. The summed E-state index contributed by atoms with van der Waals surface area (Å²) in [5.41, 5.74) is 0. The summed E-state index contributed by atoms with van der Waals surface area (Å²) in [4.78, 5) is 13.7. The van der Waals surface area contributed by atoms with Gasteiger partial charge in [-0.1, -0.05) is 64.7 Å². The lowest BCUT2D eigenvalue weighted by atomic mass is 10.1. The molecule has 136 valence electrons. The van der Waals surface area contributed by atoms with Crippen LogP contribution < -0.4 is 5.14 Å². The van der Waals surface area contributed by atoms with Crippen molar-refractivity contribution >= 4 is 15.9 Å². The van der Waals surface area contributed by atoms with E-state index in [0.29, 0.717) is 13.0 Å². The number of unbranched alkanes of at least 4 members (excludes halogenated alkanes) is 9. The van der Waals surface area contributed by atoms with Crippen LogP contribution in [0.25, 0.3) is 0 Å². The van der Waals surface area contributed by atoms with E-state index < -0.39 is 10.0 Å². The third-order valence-corrected chi connectivity index (χ3v) is 5.48. The first-order chi connectivity index (χ1) is 10.9. The molecule has 23 heavy (non-hydrogen) atoms. The first-order valence-corrected chi connectivity index (χ1v) is 10.9. The van der Waals surface area contributed by atoms with Crippen molar-refractivity contribution in [1.82, 2.24) is 4.90 Å². The number of nitrogens with two attached hydrogens (primary N) is 1. The summed E-state index contributed by atoms with van der Waals surface area (Å²) in [7, 11) is -3.48. The quantitative estimate of drug-likeness (QED) is 0.520. The lowest BCUT2D eigenvalue weighted by molar-refractivity contribution is -0.127. The van der Waals surface area contributed by atoms with Gasteiger partial charge in [-0.3, -0.25) is 4.79 Å². The predicted molar refractivity (Wildman–Crippen MR) is 94.5 cm³/mol. The van der Waals surface area contributed by atoms with E-state index in [9.17, 15) is 13.2 Å². The number of carbonyl (C=O) groups is 1. The summed E-state index contributed by atoms with van der Waals surface area (Å²) in [6.07, 6.45) is 13.1. The molecule has 0 saturated carbocycles. The predicted octanol–water partition coefficient (Wildman–Crippen LogP) is 3.04. The molecular weight excluding hydrogens is 312 g/mol. The first kappa shape index (κ1) is 20.4. The van der Waals surface area contributed by atoms with Crippen LogP contribution in [0.4, 0.5) is 0 Å². The van der Waals surface area contributed by atoms with Gasteiger partial charge in [0.05, 0.1) is 5.75 Å². The molecule has 1 fully saturated rings. The maximum atomic E-state index is 11.9. The van der Waals surface area contributed by atoms with E-state index in [4.69, 9.17) is 5.14 Å². The molecule has 5 nitrogen and oxygen atoms in total. The highest BCUT2D eigenvalue weighted by Crippen LogP contribution is 2.20. The lowest BCUT2D eigenvalue weighted by Crippen LogP contribution is -2.28. The topological polar surface area (TPSA) is 80.5 Å². The van der Waals surface area contributed by atoms with Crippen molar-refractivity contribution in [1.29, 1.82) is 0 Å². The molecule has 0 aromatic heterocycles. The number of rotatable bonds is 13. The molecular formula is C17H34N2O3S. The van der Waals surface area contributed by atoms with E-state index in [1.165, 1.54) is 51.4 Å². The fraction of sp³-hybridized carbons (Fsp3) is 0.941. The summed E-state index contributed by atoms with van der Waals surface area (Å²) >= 11 is 0. The molecule has 0 radical (unpaired) electrons. The number of nitrogens with zero attached hydrogens (tertiary/aromatic N) is 1. The van der Waals surface area contributed by atoms with Gasteiger partial charge in [0.2, 0.25) is 15.9 Å². The van der Waals surface area contributed by atoms with Crippen LogP contribution in [-0.4, -0.2) is 38.1 Å². The number of carbonyl (C=O) groups excluding carboxylic acids is 1. The molecule has 1 unspecified atom stereocenters. The van der Waals surface area contributed by atoms with Crippen LogP contribution in [0.2, 0.25) is 0 Å². The molecule has 6 heteroatoms. The minimum atomic E-state index is -3.48. The van der Waals surface area contributed by atoms with E-state index in [2.05, 4.69) is 6.92 Å². The minimum absolute atomic E-state index is 0.0761. The van der Waals surface area contributed by atoms with Gasteiger partial charge in [-0.2, -0.15) is 0 Å². The summed E-state index contributed by atoms with van der Waals surface area (Å²) < 4.78 is 22.2. The Labute approximate surface area is 142 Å². The molecule has 0 aliphatic carbocycles. The number of hydrogen-bond acceptors (Lipinski definition) is 3. The Morgan fingerprint density at radius 3 is 2.04 bits per heavy atom. The molecule has 0 aromatic rings. The van der Waals surface area contributed by atoms with E-state index in [0.717, 1.165) is 19.4 Å². The average molecular weight is 347 g/mol. The molecule has 1 aliphatic heterocycles. The van der Waals surface area contributed by atoms with Crippen LogP contribution in [0.1, 0.15) is 77.6 Å². The molecule has 2 N–H and O–H groups in total. The van der Waals surface area contributed by atoms with Gasteiger partial charge in [0.15, 0.2) is 0 Å². The van der Waals surface area contributed by atoms with Crippen molar-refractivity contribution in [3.8, 4) is 0 Å². The smallest absolute Gasteiger partial charge is 0.222 e. The van der Waals surface area contributed by atoms with Crippen molar-refractivity contribution in [3.05, 3.63) is 0 Å². The van der Waals surface area contributed by atoms with Gasteiger partial charge in [-0.15, -0.1) is 0 Å². The Kier molecular flexibility index (Phi) is 9.79. The van der Waals surface area contributed by atoms with Crippen LogP contribution in [0.3, 0.4) is 0 Å². The largest absolute Gasteiger partial charge is 0.342 e. The molecule has 0 spiro atoms. The second-order valence-corrected chi connectivity index (χ2v) is 8.58. The van der Waals surface area contributed by atoms with E-state index >= 15 is 0 Å². The number of primary sulfonamides is 1. The Morgan fingerprint density at radius 1 is 1.00 bits per heavy atom. The van der Waals surface area contributed by atoms with Crippen molar-refractivity contribution in [3.63, 3.8) is 0 Å². The monoisotopic (exact) mass is 346 g/mol. The molecule has 1 aliphatic rings. The van der Waals surface area contributed by atoms with Crippen LogP contribution >= 0.6 is 0 Å². The number of amides is 1. The molecule has 1 rings (SSSR count). The fourth-order valence-corrected chi connectivity index (χ4v) is 4.18. The SMILES string of the molecule is CCCCCCCCCCCCN1CC(CS(N)(=O)=O)CC1=O. The van der Waals surface area contributed by atoms with Crippen molar-refractivity contribution in [2.24, 2.45) is 11.1 Å². The summed E-state index contributed by atoms with van der Waals surface area (Å²) in [6.45, 7) is 3.55. The van der Waals surface area contributed by atoms with E-state index in [1.54, 1.807) is 4.90 Å².